The van der Waals surface area contributed by atoms with Crippen LogP contribution in [0.1, 0.15) is 49.2 Å². The molecule has 0 radical (unpaired) electrons. The lowest BCUT2D eigenvalue weighted by atomic mass is 10.00. The van der Waals surface area contributed by atoms with Crippen LogP contribution in [0.2, 0.25) is 0 Å². The second-order valence-corrected chi connectivity index (χ2v) is 8.33. The quantitative estimate of drug-likeness (QED) is 0.535. The molecule has 0 aromatic heterocycles. The summed E-state index contributed by atoms with van der Waals surface area (Å²) in [6, 6.07) is 15.5. The minimum absolute atomic E-state index is 0.0400. The number of carbonyl (C=O) groups excluding carboxylic acids is 4. The van der Waals surface area contributed by atoms with Crippen LogP contribution in [0.3, 0.4) is 0 Å². The molecule has 3 rings (SSSR count). The average molecular weight is 452 g/mol. The molecule has 2 aromatic carbocycles. The molecule has 9 heteroatoms. The number of anilines is 1. The number of hydrogen-bond donors (Lipinski definition) is 3. The van der Waals surface area contributed by atoms with E-state index in [9.17, 15) is 19.2 Å². The van der Waals surface area contributed by atoms with E-state index in [4.69, 9.17) is 0 Å². The van der Waals surface area contributed by atoms with Gasteiger partial charge in [0.2, 0.25) is 0 Å². The van der Waals surface area contributed by atoms with E-state index < -0.39 is 23.4 Å². The SMILES string of the molecule is CCC1(C)NC(=O)N(NC(=O)CN(C)C(C)c2cccc(NC(=O)c3ccccc3)c2)C1=O. The van der Waals surface area contributed by atoms with E-state index in [0.29, 0.717) is 17.7 Å². The fourth-order valence-electron chi connectivity index (χ4n) is 3.47. The maximum absolute atomic E-state index is 12.5. The lowest BCUT2D eigenvalue weighted by Crippen LogP contribution is -2.51. The fraction of sp³-hybridized carbons (Fsp3) is 0.333. The Labute approximate surface area is 193 Å². The maximum Gasteiger partial charge on any atom is 0.344 e. The summed E-state index contributed by atoms with van der Waals surface area (Å²) in [6.07, 6.45) is 0.415. The first-order valence-corrected chi connectivity index (χ1v) is 10.8. The molecular formula is C24H29N5O4. The van der Waals surface area contributed by atoms with Gasteiger partial charge in [0, 0.05) is 17.3 Å². The van der Waals surface area contributed by atoms with Crippen molar-refractivity contribution in [3.8, 4) is 0 Å². The summed E-state index contributed by atoms with van der Waals surface area (Å²) in [5, 5.41) is 6.21. The van der Waals surface area contributed by atoms with Crippen molar-refractivity contribution in [2.24, 2.45) is 0 Å². The van der Waals surface area contributed by atoms with Crippen molar-refractivity contribution in [3.63, 3.8) is 0 Å². The smallest absolute Gasteiger partial charge is 0.322 e. The molecule has 0 spiro atoms. The number of carbonyl (C=O) groups is 4. The molecule has 0 saturated carbocycles. The number of likely N-dealkylation sites (N-methyl/N-ethyl adjacent to an activating group) is 1. The molecule has 1 fully saturated rings. The van der Waals surface area contributed by atoms with Gasteiger partial charge in [-0.3, -0.25) is 24.7 Å². The first-order chi connectivity index (χ1) is 15.6. The lowest BCUT2D eigenvalue weighted by Gasteiger charge is -2.26. The second kappa shape index (κ2) is 9.83. The molecule has 0 aliphatic carbocycles. The Bertz CT molecular complexity index is 1060. The zero-order chi connectivity index (χ0) is 24.2. The maximum atomic E-state index is 12.5. The van der Waals surface area contributed by atoms with Crippen LogP contribution in [0.5, 0.6) is 0 Å². The molecule has 174 valence electrons. The highest BCUT2D eigenvalue weighted by atomic mass is 16.2. The third-order valence-corrected chi connectivity index (χ3v) is 5.92. The van der Waals surface area contributed by atoms with Gasteiger partial charge < -0.3 is 10.6 Å². The minimum atomic E-state index is -1.02. The monoisotopic (exact) mass is 451 g/mol. The molecule has 5 amide bonds. The highest BCUT2D eigenvalue weighted by Gasteiger charge is 2.47. The number of urea groups is 1. The van der Waals surface area contributed by atoms with Crippen LogP contribution >= 0.6 is 0 Å². The van der Waals surface area contributed by atoms with Gasteiger partial charge in [-0.05, 0) is 57.1 Å². The topological polar surface area (TPSA) is 111 Å². The number of benzene rings is 2. The second-order valence-electron chi connectivity index (χ2n) is 8.33. The summed E-state index contributed by atoms with van der Waals surface area (Å²) >= 11 is 0. The molecule has 33 heavy (non-hydrogen) atoms. The van der Waals surface area contributed by atoms with E-state index in [0.717, 1.165) is 10.6 Å². The van der Waals surface area contributed by atoms with Crippen molar-refractivity contribution in [1.82, 2.24) is 20.7 Å². The van der Waals surface area contributed by atoms with Gasteiger partial charge in [0.05, 0.1) is 6.54 Å². The third kappa shape index (κ3) is 5.38. The van der Waals surface area contributed by atoms with Crippen molar-refractivity contribution < 1.29 is 19.2 Å². The normalized spacial score (nSPS) is 18.8. The molecule has 2 atom stereocenters. The largest absolute Gasteiger partial charge is 0.344 e. The van der Waals surface area contributed by atoms with E-state index >= 15 is 0 Å². The summed E-state index contributed by atoms with van der Waals surface area (Å²) in [5.74, 6) is -1.18. The summed E-state index contributed by atoms with van der Waals surface area (Å²) in [7, 11) is 1.77. The van der Waals surface area contributed by atoms with Gasteiger partial charge in [-0.25, -0.2) is 4.79 Å². The van der Waals surface area contributed by atoms with Gasteiger partial charge in [-0.1, -0.05) is 37.3 Å². The Morgan fingerprint density at radius 2 is 1.82 bits per heavy atom. The van der Waals surface area contributed by atoms with Crippen LogP contribution in [-0.4, -0.2) is 52.8 Å². The Balaban J connectivity index is 1.61. The summed E-state index contributed by atoms with van der Waals surface area (Å²) < 4.78 is 0. The molecule has 0 bridgehead atoms. The first-order valence-electron chi connectivity index (χ1n) is 10.8. The average Bonchev–Trinajstić information content (AvgIpc) is 3.02. The van der Waals surface area contributed by atoms with Gasteiger partial charge >= 0.3 is 6.03 Å². The minimum Gasteiger partial charge on any atom is -0.322 e. The van der Waals surface area contributed by atoms with Crippen molar-refractivity contribution >= 4 is 29.4 Å². The van der Waals surface area contributed by atoms with Gasteiger partial charge in [0.25, 0.3) is 17.7 Å². The van der Waals surface area contributed by atoms with E-state index in [1.165, 1.54) is 0 Å². The Morgan fingerprint density at radius 1 is 1.12 bits per heavy atom. The third-order valence-electron chi connectivity index (χ3n) is 5.92. The number of amides is 5. The van der Waals surface area contributed by atoms with Gasteiger partial charge in [0.15, 0.2) is 0 Å². The van der Waals surface area contributed by atoms with E-state index in [-0.39, 0.29) is 18.5 Å². The number of hydrazine groups is 1. The number of hydrogen-bond acceptors (Lipinski definition) is 5. The van der Waals surface area contributed by atoms with Crippen molar-refractivity contribution in [2.45, 2.75) is 38.8 Å². The molecule has 3 N–H and O–H groups in total. The van der Waals surface area contributed by atoms with E-state index in [1.54, 1.807) is 56.1 Å². The van der Waals surface area contributed by atoms with Crippen molar-refractivity contribution in [2.75, 3.05) is 18.9 Å². The van der Waals surface area contributed by atoms with Crippen LogP contribution in [0.25, 0.3) is 0 Å². The first kappa shape index (κ1) is 23.9. The van der Waals surface area contributed by atoms with Crippen LogP contribution < -0.4 is 16.1 Å². The molecular weight excluding hydrogens is 422 g/mol. The molecule has 1 aliphatic rings. The highest BCUT2D eigenvalue weighted by Crippen LogP contribution is 2.23. The van der Waals surface area contributed by atoms with Gasteiger partial charge in [-0.2, -0.15) is 5.01 Å². The van der Waals surface area contributed by atoms with Crippen LogP contribution in [0, 0.1) is 0 Å². The molecule has 2 unspecified atom stereocenters. The van der Waals surface area contributed by atoms with E-state index in [1.807, 2.05) is 31.2 Å². The van der Waals surface area contributed by atoms with E-state index in [2.05, 4.69) is 16.1 Å². The summed E-state index contributed by atoms with van der Waals surface area (Å²) in [4.78, 5) is 51.3. The summed E-state index contributed by atoms with van der Waals surface area (Å²) in [5.41, 5.74) is 3.47. The molecule has 1 aliphatic heterocycles. The van der Waals surface area contributed by atoms with Gasteiger partial charge in [-0.15, -0.1) is 0 Å². The number of imide groups is 1. The summed E-state index contributed by atoms with van der Waals surface area (Å²) in [6.45, 7) is 5.29. The Kier molecular flexibility index (Phi) is 7.13. The highest BCUT2D eigenvalue weighted by molar-refractivity contribution is 6.07. The predicted molar refractivity (Wildman–Crippen MR) is 124 cm³/mol. The molecule has 1 heterocycles. The van der Waals surface area contributed by atoms with Crippen molar-refractivity contribution in [3.05, 3.63) is 65.7 Å². The zero-order valence-electron chi connectivity index (χ0n) is 19.2. The lowest BCUT2D eigenvalue weighted by molar-refractivity contribution is -0.139. The van der Waals surface area contributed by atoms with Crippen molar-refractivity contribution in [1.29, 1.82) is 0 Å². The zero-order valence-corrected chi connectivity index (χ0v) is 19.2. The van der Waals surface area contributed by atoms with Crippen LogP contribution in [0.15, 0.2) is 54.6 Å². The molecule has 9 nitrogen and oxygen atoms in total. The fourth-order valence-corrected chi connectivity index (χ4v) is 3.47. The molecule has 1 saturated heterocycles. The standard InChI is InChI=1S/C24H29N5O4/c1-5-24(3)22(32)29(23(33)26-24)27-20(30)15-28(4)16(2)18-12-9-13-19(14-18)25-21(31)17-10-7-6-8-11-17/h6-14,16H,5,15H2,1-4H3,(H,25,31)(H,26,33)(H,27,30). The predicted octanol–water partition coefficient (Wildman–Crippen LogP) is 2.68. The van der Waals surface area contributed by atoms with Crippen LogP contribution in [0.4, 0.5) is 10.5 Å². The number of nitrogens with one attached hydrogen (secondary N) is 3. The molecule has 2 aromatic rings. The number of rotatable bonds is 8. The van der Waals surface area contributed by atoms with Crippen LogP contribution in [-0.2, 0) is 9.59 Å². The Hall–Kier alpha value is -3.72. The number of nitrogens with zero attached hydrogens (tertiary/aromatic N) is 2. The van der Waals surface area contributed by atoms with Gasteiger partial charge in [0.1, 0.15) is 5.54 Å². The Morgan fingerprint density at radius 3 is 2.45 bits per heavy atom.